The van der Waals surface area contributed by atoms with Gasteiger partial charge < -0.3 is 9.84 Å². The van der Waals surface area contributed by atoms with Gasteiger partial charge in [-0.15, -0.1) is 0 Å². The lowest BCUT2D eigenvalue weighted by atomic mass is 10.2. The Balaban J connectivity index is 2.26. The van der Waals surface area contributed by atoms with Crippen molar-refractivity contribution >= 4 is 17.3 Å². The van der Waals surface area contributed by atoms with Crippen LogP contribution in [-0.4, -0.2) is 10.0 Å². The molecule has 0 aliphatic rings. The van der Waals surface area contributed by atoms with E-state index in [1.54, 1.807) is 24.3 Å². The number of benzene rings is 2. The van der Waals surface area contributed by atoms with Crippen LogP contribution in [0.2, 0.25) is 5.02 Å². The molecule has 0 atom stereocenters. The molecule has 0 saturated heterocycles. The predicted octanol–water partition coefficient (Wildman–Crippen LogP) is 3.53. The first-order valence-electron chi connectivity index (χ1n) is 5.42. The lowest BCUT2D eigenvalue weighted by molar-refractivity contribution is -0.384. The Labute approximate surface area is 114 Å². The molecule has 0 unspecified atom stereocenters. The molecule has 2 rings (SSSR count). The van der Waals surface area contributed by atoms with E-state index in [-0.39, 0.29) is 12.3 Å². The molecule has 0 saturated carbocycles. The van der Waals surface area contributed by atoms with Crippen molar-refractivity contribution in [1.82, 2.24) is 0 Å². The number of ether oxygens (including phenoxy) is 1. The number of aliphatic hydroxyl groups is 1. The summed E-state index contributed by atoms with van der Waals surface area (Å²) >= 11 is 5.99. The van der Waals surface area contributed by atoms with E-state index in [1.165, 1.54) is 18.2 Å². The van der Waals surface area contributed by atoms with Gasteiger partial charge in [0.05, 0.1) is 22.6 Å². The summed E-state index contributed by atoms with van der Waals surface area (Å²) in [5.74, 6) is 0.701. The number of non-ortho nitro benzene ring substituents is 1. The van der Waals surface area contributed by atoms with E-state index < -0.39 is 4.92 Å². The van der Waals surface area contributed by atoms with Crippen molar-refractivity contribution in [3.8, 4) is 11.5 Å². The fourth-order valence-corrected chi connectivity index (χ4v) is 1.75. The van der Waals surface area contributed by atoms with Gasteiger partial charge in [0.2, 0.25) is 0 Å². The van der Waals surface area contributed by atoms with E-state index in [4.69, 9.17) is 21.4 Å². The zero-order valence-electron chi connectivity index (χ0n) is 9.75. The molecule has 1 N–H and O–H groups in total. The number of halogens is 1. The van der Waals surface area contributed by atoms with E-state index in [2.05, 4.69) is 0 Å². The van der Waals surface area contributed by atoms with E-state index in [0.717, 1.165) is 0 Å². The molecule has 0 aliphatic heterocycles. The normalized spacial score (nSPS) is 10.2. The zero-order chi connectivity index (χ0) is 13.8. The number of hydrogen-bond donors (Lipinski definition) is 1. The van der Waals surface area contributed by atoms with Gasteiger partial charge in [-0.2, -0.15) is 0 Å². The van der Waals surface area contributed by atoms with Crippen molar-refractivity contribution in [3.05, 3.63) is 63.2 Å². The van der Waals surface area contributed by atoms with Gasteiger partial charge in [-0.05, 0) is 23.8 Å². The van der Waals surface area contributed by atoms with Crippen molar-refractivity contribution in [2.24, 2.45) is 0 Å². The fourth-order valence-electron chi connectivity index (χ4n) is 1.51. The largest absolute Gasteiger partial charge is 0.456 e. The molecule has 0 amide bonds. The van der Waals surface area contributed by atoms with Crippen molar-refractivity contribution in [1.29, 1.82) is 0 Å². The summed E-state index contributed by atoms with van der Waals surface area (Å²) in [5, 5.41) is 19.9. The summed E-state index contributed by atoms with van der Waals surface area (Å²) in [6.07, 6.45) is 0. The summed E-state index contributed by atoms with van der Waals surface area (Å²) in [6, 6.07) is 10.7. The molecule has 19 heavy (non-hydrogen) atoms. The van der Waals surface area contributed by atoms with E-state index in [9.17, 15) is 10.1 Å². The van der Waals surface area contributed by atoms with Crippen LogP contribution < -0.4 is 4.74 Å². The second kappa shape index (κ2) is 5.69. The van der Waals surface area contributed by atoms with Crippen molar-refractivity contribution in [2.75, 3.05) is 0 Å². The van der Waals surface area contributed by atoms with E-state index in [0.29, 0.717) is 22.1 Å². The first kappa shape index (κ1) is 13.3. The van der Waals surface area contributed by atoms with Crippen LogP contribution in [0.1, 0.15) is 5.56 Å². The molecule has 0 radical (unpaired) electrons. The average Bonchev–Trinajstić information content (AvgIpc) is 2.41. The maximum Gasteiger partial charge on any atom is 0.273 e. The zero-order valence-corrected chi connectivity index (χ0v) is 10.5. The Morgan fingerprint density at radius 1 is 1.26 bits per heavy atom. The second-order valence-corrected chi connectivity index (χ2v) is 4.19. The summed E-state index contributed by atoms with van der Waals surface area (Å²) in [6.45, 7) is -0.114. The molecular formula is C13H10ClNO4. The standard InChI is InChI=1S/C13H10ClNO4/c14-12-6-9(8-16)4-5-13(12)19-11-3-1-2-10(7-11)15(17)18/h1-7,16H,8H2. The van der Waals surface area contributed by atoms with Gasteiger partial charge in [0.25, 0.3) is 5.69 Å². The molecule has 2 aromatic carbocycles. The number of nitro groups is 1. The smallest absolute Gasteiger partial charge is 0.273 e. The minimum Gasteiger partial charge on any atom is -0.456 e. The molecule has 0 heterocycles. The molecule has 2 aromatic rings. The Bertz CT molecular complexity index is 615. The van der Waals surface area contributed by atoms with Gasteiger partial charge in [-0.1, -0.05) is 23.7 Å². The minimum absolute atomic E-state index is 0.0550. The van der Waals surface area contributed by atoms with Crippen LogP contribution in [0, 0.1) is 10.1 Å². The Morgan fingerprint density at radius 2 is 2.05 bits per heavy atom. The van der Waals surface area contributed by atoms with Crippen LogP contribution in [-0.2, 0) is 6.61 Å². The van der Waals surface area contributed by atoms with Crippen molar-refractivity contribution < 1.29 is 14.8 Å². The van der Waals surface area contributed by atoms with Gasteiger partial charge in [-0.25, -0.2) is 0 Å². The third kappa shape index (κ3) is 3.21. The maximum atomic E-state index is 10.7. The van der Waals surface area contributed by atoms with Crippen LogP contribution in [0.5, 0.6) is 11.5 Å². The fraction of sp³-hybridized carbons (Fsp3) is 0.0769. The van der Waals surface area contributed by atoms with Crippen molar-refractivity contribution in [3.63, 3.8) is 0 Å². The lowest BCUT2D eigenvalue weighted by Gasteiger charge is -2.08. The predicted molar refractivity (Wildman–Crippen MR) is 70.5 cm³/mol. The van der Waals surface area contributed by atoms with Crippen LogP contribution in [0.3, 0.4) is 0 Å². The first-order valence-corrected chi connectivity index (χ1v) is 5.79. The first-order chi connectivity index (χ1) is 9.10. The topological polar surface area (TPSA) is 72.6 Å². The summed E-state index contributed by atoms with van der Waals surface area (Å²) in [5.41, 5.74) is 0.608. The number of hydrogen-bond acceptors (Lipinski definition) is 4. The highest BCUT2D eigenvalue weighted by Crippen LogP contribution is 2.31. The highest BCUT2D eigenvalue weighted by atomic mass is 35.5. The number of nitro benzene ring substituents is 1. The number of aliphatic hydroxyl groups excluding tert-OH is 1. The lowest BCUT2D eigenvalue weighted by Crippen LogP contribution is -1.91. The number of nitrogens with zero attached hydrogens (tertiary/aromatic N) is 1. The second-order valence-electron chi connectivity index (χ2n) is 3.78. The van der Waals surface area contributed by atoms with Gasteiger partial charge in [-0.3, -0.25) is 10.1 Å². The monoisotopic (exact) mass is 279 g/mol. The molecule has 0 aliphatic carbocycles. The third-order valence-corrected chi connectivity index (χ3v) is 2.73. The SMILES string of the molecule is O=[N+]([O-])c1cccc(Oc2ccc(CO)cc2Cl)c1. The molecule has 5 nitrogen and oxygen atoms in total. The highest BCUT2D eigenvalue weighted by molar-refractivity contribution is 6.32. The molecule has 0 bridgehead atoms. The van der Waals surface area contributed by atoms with Crippen LogP contribution >= 0.6 is 11.6 Å². The highest BCUT2D eigenvalue weighted by Gasteiger charge is 2.09. The van der Waals surface area contributed by atoms with E-state index in [1.807, 2.05) is 0 Å². The Morgan fingerprint density at radius 3 is 2.68 bits per heavy atom. The molecule has 6 heteroatoms. The average molecular weight is 280 g/mol. The summed E-state index contributed by atoms with van der Waals surface area (Å²) in [7, 11) is 0. The molecule has 98 valence electrons. The third-order valence-electron chi connectivity index (χ3n) is 2.44. The van der Waals surface area contributed by atoms with Crippen LogP contribution in [0.25, 0.3) is 0 Å². The molecule has 0 aromatic heterocycles. The molecular weight excluding hydrogens is 270 g/mol. The molecule has 0 spiro atoms. The number of rotatable bonds is 4. The van der Waals surface area contributed by atoms with Gasteiger partial charge in [0.15, 0.2) is 0 Å². The quantitative estimate of drug-likeness (QED) is 0.686. The summed E-state index contributed by atoms with van der Waals surface area (Å²) in [4.78, 5) is 10.2. The van der Waals surface area contributed by atoms with Gasteiger partial charge >= 0.3 is 0 Å². The van der Waals surface area contributed by atoms with Gasteiger partial charge in [0.1, 0.15) is 11.5 Å². The van der Waals surface area contributed by atoms with Crippen LogP contribution in [0.4, 0.5) is 5.69 Å². The van der Waals surface area contributed by atoms with Crippen molar-refractivity contribution in [2.45, 2.75) is 6.61 Å². The Kier molecular flexibility index (Phi) is 3.99. The minimum atomic E-state index is -0.497. The maximum absolute atomic E-state index is 10.7. The Hall–Kier alpha value is -2.11. The molecule has 0 fully saturated rings. The van der Waals surface area contributed by atoms with Gasteiger partial charge in [0, 0.05) is 6.07 Å². The van der Waals surface area contributed by atoms with Crippen LogP contribution in [0.15, 0.2) is 42.5 Å². The van der Waals surface area contributed by atoms with E-state index >= 15 is 0 Å². The summed E-state index contributed by atoms with van der Waals surface area (Å²) < 4.78 is 5.48.